The Hall–Kier alpha value is -3.15. The number of carboxylic acid groups (broad SMARTS) is 1. The Labute approximate surface area is 215 Å². The molecule has 0 fully saturated rings. The van der Waals surface area contributed by atoms with Crippen LogP contribution in [-0.4, -0.2) is 29.8 Å². The van der Waals surface area contributed by atoms with Crippen LogP contribution in [-0.2, 0) is 20.5 Å². The lowest BCUT2D eigenvalue weighted by molar-refractivity contribution is -0.111. The molecular weight excluding hydrogens is 452 g/mol. The van der Waals surface area contributed by atoms with E-state index in [1.54, 1.807) is 18.2 Å². The van der Waals surface area contributed by atoms with Crippen LogP contribution < -0.4 is 4.90 Å². The minimum absolute atomic E-state index is 0.0314. The fourth-order valence-corrected chi connectivity index (χ4v) is 4.91. The zero-order valence-electron chi connectivity index (χ0n) is 22.3. The van der Waals surface area contributed by atoms with E-state index in [1.165, 1.54) is 34.9 Å². The Balaban J connectivity index is 1.95. The summed E-state index contributed by atoms with van der Waals surface area (Å²) in [6.07, 6.45) is 8.74. The molecule has 0 radical (unpaired) electrons. The lowest BCUT2D eigenvalue weighted by Crippen LogP contribution is -2.35. The number of oxime groups is 1. The molecule has 1 aliphatic carbocycles. The van der Waals surface area contributed by atoms with Crippen LogP contribution >= 0.6 is 0 Å². The number of carbonyl (C=O) groups excluding carboxylic acids is 1. The molecule has 0 spiro atoms. The minimum Gasteiger partial charge on any atom is -0.478 e. The summed E-state index contributed by atoms with van der Waals surface area (Å²) in [5, 5.41) is 13.7. The first kappa shape index (κ1) is 27.4. The number of carbonyl (C=O) groups is 2. The van der Waals surface area contributed by atoms with Crippen molar-refractivity contribution in [3.63, 3.8) is 0 Å². The van der Waals surface area contributed by atoms with Crippen LogP contribution in [0.5, 0.6) is 0 Å². The van der Waals surface area contributed by atoms with Gasteiger partial charge in [0.1, 0.15) is 12.8 Å². The van der Waals surface area contributed by atoms with Crippen molar-refractivity contribution in [2.24, 2.45) is 5.16 Å². The number of anilines is 2. The van der Waals surface area contributed by atoms with E-state index in [2.05, 4.69) is 45.8 Å². The van der Waals surface area contributed by atoms with Crippen LogP contribution in [0.3, 0.4) is 0 Å². The van der Waals surface area contributed by atoms with E-state index in [-0.39, 0.29) is 16.4 Å². The van der Waals surface area contributed by atoms with Gasteiger partial charge in [-0.15, -0.1) is 0 Å². The molecule has 2 aromatic carbocycles. The third-order valence-electron chi connectivity index (χ3n) is 7.27. The van der Waals surface area contributed by atoms with Gasteiger partial charge in [-0.1, -0.05) is 77.2 Å². The summed E-state index contributed by atoms with van der Waals surface area (Å²) in [6, 6.07) is 12.6. The van der Waals surface area contributed by atoms with Gasteiger partial charge < -0.3 is 9.94 Å². The molecule has 194 valence electrons. The smallest absolute Gasteiger partial charge is 0.337 e. The van der Waals surface area contributed by atoms with Crippen molar-refractivity contribution in [2.45, 2.75) is 90.4 Å². The number of hydrogen-bond acceptors (Lipinski definition) is 4. The molecule has 6 heteroatoms. The largest absolute Gasteiger partial charge is 0.478 e. The van der Waals surface area contributed by atoms with Gasteiger partial charge in [0, 0.05) is 5.69 Å². The molecule has 0 saturated carbocycles. The molecule has 1 amide bonds. The SMILES string of the molecule is CCCCCCCON=CC(=O)N(c1ccc2c(c1)C(C)(C)CCC2(C)C)c1ccccc1C(=O)O. The van der Waals surface area contributed by atoms with Crippen molar-refractivity contribution in [2.75, 3.05) is 11.5 Å². The lowest BCUT2D eigenvalue weighted by Gasteiger charge is -2.42. The van der Waals surface area contributed by atoms with E-state index in [9.17, 15) is 14.7 Å². The Morgan fingerprint density at radius 1 is 0.972 bits per heavy atom. The van der Waals surface area contributed by atoms with Gasteiger partial charge in [-0.3, -0.25) is 9.69 Å². The second-order valence-electron chi connectivity index (χ2n) is 11.0. The van der Waals surface area contributed by atoms with Crippen molar-refractivity contribution in [1.82, 2.24) is 0 Å². The van der Waals surface area contributed by atoms with Crippen molar-refractivity contribution in [3.05, 3.63) is 59.2 Å². The topological polar surface area (TPSA) is 79.2 Å². The third kappa shape index (κ3) is 6.34. The van der Waals surface area contributed by atoms with Crippen LogP contribution in [0.2, 0.25) is 0 Å². The van der Waals surface area contributed by atoms with E-state index in [0.29, 0.717) is 18.0 Å². The maximum atomic E-state index is 13.5. The van der Waals surface area contributed by atoms with E-state index in [4.69, 9.17) is 4.84 Å². The molecule has 2 aromatic rings. The molecule has 0 aliphatic heterocycles. The second-order valence-corrected chi connectivity index (χ2v) is 11.0. The highest BCUT2D eigenvalue weighted by Crippen LogP contribution is 2.47. The Kier molecular flexibility index (Phi) is 8.93. The zero-order chi connectivity index (χ0) is 26.3. The molecule has 0 unspecified atom stereocenters. The summed E-state index contributed by atoms with van der Waals surface area (Å²) in [5.41, 5.74) is 3.38. The van der Waals surface area contributed by atoms with Gasteiger partial charge >= 0.3 is 5.97 Å². The quantitative estimate of drug-likeness (QED) is 0.202. The predicted octanol–water partition coefficient (Wildman–Crippen LogP) is 7.37. The van der Waals surface area contributed by atoms with Gasteiger partial charge in [0.25, 0.3) is 5.91 Å². The molecule has 0 saturated heterocycles. The molecule has 1 N–H and O–H groups in total. The first-order valence-electron chi connectivity index (χ1n) is 13.1. The van der Waals surface area contributed by atoms with Gasteiger partial charge in [0.2, 0.25) is 0 Å². The van der Waals surface area contributed by atoms with E-state index in [0.717, 1.165) is 38.3 Å². The highest BCUT2D eigenvalue weighted by molar-refractivity contribution is 6.35. The van der Waals surface area contributed by atoms with E-state index < -0.39 is 11.9 Å². The molecule has 0 heterocycles. The Bertz CT molecular complexity index is 1100. The number of aromatic carboxylic acids is 1. The van der Waals surface area contributed by atoms with Gasteiger partial charge in [-0.2, -0.15) is 0 Å². The van der Waals surface area contributed by atoms with Crippen molar-refractivity contribution in [1.29, 1.82) is 0 Å². The third-order valence-corrected chi connectivity index (χ3v) is 7.27. The highest BCUT2D eigenvalue weighted by Gasteiger charge is 2.37. The second kappa shape index (κ2) is 11.7. The minimum atomic E-state index is -1.09. The average molecular weight is 493 g/mol. The number of unbranched alkanes of at least 4 members (excludes halogenated alkanes) is 4. The fraction of sp³-hybridized carbons (Fsp3) is 0.500. The van der Waals surface area contributed by atoms with Gasteiger partial charge in [0.15, 0.2) is 0 Å². The number of fused-ring (bicyclic) bond motifs is 1. The van der Waals surface area contributed by atoms with Crippen molar-refractivity contribution < 1.29 is 19.5 Å². The first-order chi connectivity index (χ1) is 17.1. The number of amides is 1. The van der Waals surface area contributed by atoms with Crippen molar-refractivity contribution in [3.8, 4) is 0 Å². The van der Waals surface area contributed by atoms with E-state index >= 15 is 0 Å². The number of para-hydroxylation sites is 1. The molecule has 0 atom stereocenters. The molecule has 0 aromatic heterocycles. The predicted molar refractivity (Wildman–Crippen MR) is 145 cm³/mol. The average Bonchev–Trinajstić information content (AvgIpc) is 2.84. The maximum absolute atomic E-state index is 13.5. The fourth-order valence-electron chi connectivity index (χ4n) is 4.91. The Morgan fingerprint density at radius 3 is 2.33 bits per heavy atom. The van der Waals surface area contributed by atoms with Crippen LogP contribution in [0.15, 0.2) is 47.6 Å². The van der Waals surface area contributed by atoms with Gasteiger partial charge in [-0.05, 0) is 71.9 Å². The van der Waals surface area contributed by atoms with Crippen LogP contribution in [0.4, 0.5) is 11.4 Å². The molecular formula is C30H40N2O4. The summed E-state index contributed by atoms with van der Waals surface area (Å²) in [5.74, 6) is -1.55. The zero-order valence-corrected chi connectivity index (χ0v) is 22.3. The van der Waals surface area contributed by atoms with Gasteiger partial charge in [0.05, 0.1) is 11.3 Å². The number of rotatable bonds is 11. The maximum Gasteiger partial charge on any atom is 0.337 e. The molecule has 0 bridgehead atoms. The summed E-state index contributed by atoms with van der Waals surface area (Å²) in [4.78, 5) is 32.2. The molecule has 1 aliphatic rings. The molecule has 6 nitrogen and oxygen atoms in total. The standard InChI is InChI=1S/C30H40N2O4/c1-6-7-8-9-12-19-36-31-21-27(33)32(26-14-11-10-13-23(26)28(34)35)22-15-16-24-25(20-22)30(4,5)18-17-29(24,2)3/h10-11,13-16,20-21H,6-9,12,17-19H2,1-5H3,(H,34,35). The van der Waals surface area contributed by atoms with Crippen LogP contribution in [0, 0.1) is 0 Å². The monoisotopic (exact) mass is 492 g/mol. The van der Waals surface area contributed by atoms with Crippen LogP contribution in [0.25, 0.3) is 0 Å². The number of carboxylic acids is 1. The number of benzene rings is 2. The molecule has 36 heavy (non-hydrogen) atoms. The number of nitrogens with zero attached hydrogens (tertiary/aromatic N) is 2. The summed E-state index contributed by atoms with van der Waals surface area (Å²) >= 11 is 0. The lowest BCUT2D eigenvalue weighted by atomic mass is 9.63. The van der Waals surface area contributed by atoms with Crippen LogP contribution in [0.1, 0.15) is 101 Å². The summed E-state index contributed by atoms with van der Waals surface area (Å²) < 4.78 is 0. The van der Waals surface area contributed by atoms with E-state index in [1.807, 2.05) is 12.1 Å². The highest BCUT2D eigenvalue weighted by atomic mass is 16.6. The summed E-state index contributed by atoms with van der Waals surface area (Å²) in [7, 11) is 0. The van der Waals surface area contributed by atoms with Gasteiger partial charge in [-0.25, -0.2) is 4.79 Å². The normalized spacial score (nSPS) is 15.9. The molecule has 3 rings (SSSR count). The Morgan fingerprint density at radius 2 is 1.64 bits per heavy atom. The van der Waals surface area contributed by atoms with Crippen molar-refractivity contribution >= 4 is 29.5 Å². The summed E-state index contributed by atoms with van der Waals surface area (Å²) in [6.45, 7) is 11.5. The number of hydrogen-bond donors (Lipinski definition) is 1. The first-order valence-corrected chi connectivity index (χ1v) is 13.1.